The van der Waals surface area contributed by atoms with Crippen LogP contribution in [0.15, 0.2) is 18.5 Å². The zero-order chi connectivity index (χ0) is 14.4. The first-order valence-electron chi connectivity index (χ1n) is 6.79. The Balaban J connectivity index is 1.88. The van der Waals surface area contributed by atoms with E-state index in [1.165, 1.54) is 0 Å². The van der Waals surface area contributed by atoms with Gasteiger partial charge in [-0.2, -0.15) is 0 Å². The fourth-order valence-electron chi connectivity index (χ4n) is 2.25. The molecule has 3 N–H and O–H groups in total. The summed E-state index contributed by atoms with van der Waals surface area (Å²) in [6.07, 6.45) is 4.17. The number of hydrogen-bond acceptors (Lipinski definition) is 6. The van der Waals surface area contributed by atoms with Crippen LogP contribution in [-0.2, 0) is 4.79 Å². The summed E-state index contributed by atoms with van der Waals surface area (Å²) in [6.45, 7) is 1.14. The maximum absolute atomic E-state index is 12.0. The molecule has 0 aromatic carbocycles. The molecular formula is C13H20N4O3. The number of aliphatic hydroxyl groups is 2. The van der Waals surface area contributed by atoms with Crippen LogP contribution in [0.3, 0.4) is 0 Å². The molecule has 0 spiro atoms. The van der Waals surface area contributed by atoms with Gasteiger partial charge in [-0.05, 0) is 18.9 Å². The van der Waals surface area contributed by atoms with Gasteiger partial charge in [-0.25, -0.2) is 9.97 Å². The van der Waals surface area contributed by atoms with Crippen LogP contribution in [0.1, 0.15) is 12.8 Å². The molecule has 0 aliphatic carbocycles. The Labute approximate surface area is 117 Å². The lowest BCUT2D eigenvalue weighted by molar-refractivity contribution is -0.125. The van der Waals surface area contributed by atoms with Crippen molar-refractivity contribution < 1.29 is 15.0 Å². The quantitative estimate of drug-likeness (QED) is 0.650. The summed E-state index contributed by atoms with van der Waals surface area (Å²) in [5, 5.41) is 20.6. The van der Waals surface area contributed by atoms with Gasteiger partial charge in [0.25, 0.3) is 0 Å². The van der Waals surface area contributed by atoms with Crippen molar-refractivity contribution in [2.45, 2.75) is 18.9 Å². The molecule has 1 aliphatic heterocycles. The Bertz CT molecular complexity index is 429. The molecule has 0 saturated carbocycles. The molecule has 1 fully saturated rings. The van der Waals surface area contributed by atoms with Crippen molar-refractivity contribution in [3.05, 3.63) is 18.5 Å². The smallest absolute Gasteiger partial charge is 0.225 e. The fourth-order valence-corrected chi connectivity index (χ4v) is 2.25. The van der Waals surface area contributed by atoms with E-state index < -0.39 is 6.10 Å². The van der Waals surface area contributed by atoms with Gasteiger partial charge < -0.3 is 20.4 Å². The predicted molar refractivity (Wildman–Crippen MR) is 73.1 cm³/mol. The first-order valence-corrected chi connectivity index (χ1v) is 6.79. The van der Waals surface area contributed by atoms with Gasteiger partial charge >= 0.3 is 0 Å². The molecule has 2 atom stereocenters. The maximum Gasteiger partial charge on any atom is 0.225 e. The van der Waals surface area contributed by atoms with Gasteiger partial charge in [0.05, 0.1) is 18.6 Å². The van der Waals surface area contributed by atoms with Crippen molar-refractivity contribution in [1.82, 2.24) is 15.3 Å². The number of hydrogen-bond donors (Lipinski definition) is 3. The van der Waals surface area contributed by atoms with Gasteiger partial charge in [0, 0.05) is 32.0 Å². The molecule has 2 rings (SSSR count). The molecule has 0 radical (unpaired) electrons. The fraction of sp³-hybridized carbons (Fsp3) is 0.615. The summed E-state index contributed by atoms with van der Waals surface area (Å²) in [7, 11) is 0. The minimum absolute atomic E-state index is 0.0771. The highest BCUT2D eigenvalue weighted by molar-refractivity contribution is 5.79. The summed E-state index contributed by atoms with van der Waals surface area (Å²) >= 11 is 0. The van der Waals surface area contributed by atoms with Gasteiger partial charge in [-0.1, -0.05) is 0 Å². The van der Waals surface area contributed by atoms with Crippen LogP contribution in [0.25, 0.3) is 0 Å². The van der Waals surface area contributed by atoms with Crippen LogP contribution in [-0.4, -0.2) is 58.4 Å². The van der Waals surface area contributed by atoms with E-state index in [-0.39, 0.29) is 25.0 Å². The molecule has 1 aromatic heterocycles. The van der Waals surface area contributed by atoms with E-state index in [2.05, 4.69) is 15.3 Å². The number of aliphatic hydroxyl groups excluding tert-OH is 2. The zero-order valence-corrected chi connectivity index (χ0v) is 11.3. The SMILES string of the molecule is O=C(NCC(O)CO)C1CCCN(c2ncccn2)C1. The Morgan fingerprint density at radius 3 is 2.95 bits per heavy atom. The van der Waals surface area contributed by atoms with Crippen LogP contribution < -0.4 is 10.2 Å². The lowest BCUT2D eigenvalue weighted by Crippen LogP contribution is -2.45. The van der Waals surface area contributed by atoms with Crippen molar-refractivity contribution >= 4 is 11.9 Å². The number of carbonyl (C=O) groups is 1. The third kappa shape index (κ3) is 3.88. The molecule has 20 heavy (non-hydrogen) atoms. The molecule has 1 aliphatic rings. The Hall–Kier alpha value is -1.73. The first kappa shape index (κ1) is 14.7. The Morgan fingerprint density at radius 2 is 2.25 bits per heavy atom. The Kier molecular flexibility index (Phi) is 5.25. The van der Waals surface area contributed by atoms with Crippen molar-refractivity contribution in [2.75, 3.05) is 31.1 Å². The van der Waals surface area contributed by atoms with Crippen LogP contribution in [0.5, 0.6) is 0 Å². The molecule has 110 valence electrons. The van der Waals surface area contributed by atoms with Gasteiger partial charge in [0.15, 0.2) is 0 Å². The van der Waals surface area contributed by atoms with E-state index in [0.717, 1.165) is 19.4 Å². The van der Waals surface area contributed by atoms with E-state index in [4.69, 9.17) is 5.11 Å². The zero-order valence-electron chi connectivity index (χ0n) is 11.3. The first-order chi connectivity index (χ1) is 9.70. The number of rotatable bonds is 5. The standard InChI is InChI=1S/C13H20N4O3/c18-9-11(19)7-16-12(20)10-3-1-6-17(8-10)13-14-4-2-5-15-13/h2,4-5,10-11,18-19H,1,3,6-9H2,(H,16,20). The van der Waals surface area contributed by atoms with Crippen molar-refractivity contribution in [3.8, 4) is 0 Å². The van der Waals surface area contributed by atoms with E-state index in [9.17, 15) is 9.90 Å². The van der Waals surface area contributed by atoms with Gasteiger partial charge in [0.1, 0.15) is 0 Å². The molecular weight excluding hydrogens is 260 g/mol. The third-order valence-electron chi connectivity index (χ3n) is 3.35. The summed E-state index contributed by atoms with van der Waals surface area (Å²) in [4.78, 5) is 22.4. The molecule has 7 heteroatoms. The normalized spacial score (nSPS) is 20.5. The van der Waals surface area contributed by atoms with E-state index in [1.54, 1.807) is 18.5 Å². The summed E-state index contributed by atoms with van der Waals surface area (Å²) in [5.41, 5.74) is 0. The number of nitrogens with zero attached hydrogens (tertiary/aromatic N) is 3. The number of amides is 1. The van der Waals surface area contributed by atoms with Gasteiger partial charge in [-0.15, -0.1) is 0 Å². The summed E-state index contributed by atoms with van der Waals surface area (Å²) in [5.74, 6) is 0.400. The number of anilines is 1. The highest BCUT2D eigenvalue weighted by Crippen LogP contribution is 2.19. The minimum Gasteiger partial charge on any atom is -0.394 e. The highest BCUT2D eigenvalue weighted by atomic mass is 16.3. The number of aromatic nitrogens is 2. The topological polar surface area (TPSA) is 98.6 Å². The average Bonchev–Trinajstić information content (AvgIpc) is 2.53. The molecule has 1 saturated heterocycles. The molecule has 2 unspecified atom stereocenters. The number of piperidine rings is 1. The van der Waals surface area contributed by atoms with Crippen molar-refractivity contribution in [2.24, 2.45) is 5.92 Å². The van der Waals surface area contributed by atoms with E-state index in [1.807, 2.05) is 4.90 Å². The van der Waals surface area contributed by atoms with Crippen LogP contribution >= 0.6 is 0 Å². The van der Waals surface area contributed by atoms with Crippen LogP contribution in [0.4, 0.5) is 5.95 Å². The number of nitrogens with one attached hydrogen (secondary N) is 1. The molecule has 1 amide bonds. The second kappa shape index (κ2) is 7.16. The molecule has 0 bridgehead atoms. The summed E-state index contributed by atoms with van der Waals surface area (Å²) < 4.78 is 0. The van der Waals surface area contributed by atoms with Crippen molar-refractivity contribution in [1.29, 1.82) is 0 Å². The Morgan fingerprint density at radius 1 is 1.50 bits per heavy atom. The minimum atomic E-state index is -0.906. The lowest BCUT2D eigenvalue weighted by atomic mass is 9.97. The second-order valence-electron chi connectivity index (χ2n) is 4.92. The largest absolute Gasteiger partial charge is 0.394 e. The predicted octanol–water partition coefficient (Wildman–Crippen LogP) is -0.838. The average molecular weight is 280 g/mol. The van der Waals surface area contributed by atoms with E-state index >= 15 is 0 Å². The molecule has 7 nitrogen and oxygen atoms in total. The van der Waals surface area contributed by atoms with Crippen LogP contribution in [0.2, 0.25) is 0 Å². The maximum atomic E-state index is 12.0. The summed E-state index contributed by atoms with van der Waals surface area (Å²) in [6, 6.07) is 1.76. The van der Waals surface area contributed by atoms with Gasteiger partial charge in [-0.3, -0.25) is 4.79 Å². The van der Waals surface area contributed by atoms with Crippen LogP contribution in [0, 0.1) is 5.92 Å². The molecule has 2 heterocycles. The highest BCUT2D eigenvalue weighted by Gasteiger charge is 2.27. The van der Waals surface area contributed by atoms with Crippen molar-refractivity contribution in [3.63, 3.8) is 0 Å². The lowest BCUT2D eigenvalue weighted by Gasteiger charge is -2.32. The van der Waals surface area contributed by atoms with Gasteiger partial charge in [0.2, 0.25) is 11.9 Å². The monoisotopic (exact) mass is 280 g/mol. The number of carbonyl (C=O) groups excluding carboxylic acids is 1. The second-order valence-corrected chi connectivity index (χ2v) is 4.92. The van der Waals surface area contributed by atoms with E-state index in [0.29, 0.717) is 12.5 Å². The molecule has 1 aromatic rings. The third-order valence-corrected chi connectivity index (χ3v) is 3.35.